The van der Waals surface area contributed by atoms with E-state index in [4.69, 9.17) is 6.42 Å². The van der Waals surface area contributed by atoms with E-state index in [1.807, 2.05) is 0 Å². The van der Waals surface area contributed by atoms with Gasteiger partial charge >= 0.3 is 0 Å². The van der Waals surface area contributed by atoms with Gasteiger partial charge in [-0.25, -0.2) is 0 Å². The van der Waals surface area contributed by atoms with Crippen LogP contribution >= 0.6 is 0 Å². The highest BCUT2D eigenvalue weighted by atomic mass is 15.1. The first kappa shape index (κ1) is 16.6. The second kappa shape index (κ2) is 9.44. The quantitative estimate of drug-likeness (QED) is 0.684. The maximum atomic E-state index is 5.45. The topological polar surface area (TPSA) is 15.3 Å². The van der Waals surface area contributed by atoms with E-state index in [0.717, 1.165) is 25.9 Å². The van der Waals surface area contributed by atoms with Gasteiger partial charge in [0.25, 0.3) is 0 Å². The first-order valence-corrected chi connectivity index (χ1v) is 7.78. The van der Waals surface area contributed by atoms with E-state index < -0.39 is 0 Å². The highest BCUT2D eigenvalue weighted by Gasteiger charge is 2.09. The predicted molar refractivity (Wildman–Crippen MR) is 89.1 cm³/mol. The molecule has 0 aliphatic rings. The minimum atomic E-state index is 0.455. The molecule has 0 spiro atoms. The normalized spacial score (nSPS) is 11.9. The summed E-state index contributed by atoms with van der Waals surface area (Å²) in [6, 6.07) is 9.30. The molecule has 0 bridgehead atoms. The molecule has 110 valence electrons. The molecule has 0 fully saturated rings. The summed E-state index contributed by atoms with van der Waals surface area (Å²) in [6.45, 7) is 9.36. The van der Waals surface area contributed by atoms with Gasteiger partial charge in [-0.15, -0.1) is 6.42 Å². The van der Waals surface area contributed by atoms with Crippen molar-refractivity contribution in [2.45, 2.75) is 46.1 Å². The summed E-state index contributed by atoms with van der Waals surface area (Å²) in [5, 5.41) is 3.59. The molecule has 0 aliphatic heterocycles. The van der Waals surface area contributed by atoms with Crippen molar-refractivity contribution < 1.29 is 0 Å². The van der Waals surface area contributed by atoms with E-state index in [1.165, 1.54) is 17.7 Å². The Morgan fingerprint density at radius 1 is 1.15 bits per heavy atom. The molecule has 2 nitrogen and oxygen atoms in total. The Bertz CT molecular complexity index is 402. The van der Waals surface area contributed by atoms with Gasteiger partial charge in [0.05, 0.1) is 6.54 Å². The van der Waals surface area contributed by atoms with Crippen molar-refractivity contribution in [1.29, 1.82) is 0 Å². The van der Waals surface area contributed by atoms with E-state index >= 15 is 0 Å². The first-order chi connectivity index (χ1) is 9.76. The Kier molecular flexibility index (Phi) is 7.84. The molecule has 20 heavy (non-hydrogen) atoms. The van der Waals surface area contributed by atoms with Gasteiger partial charge in [0.2, 0.25) is 0 Å². The fourth-order valence-corrected chi connectivity index (χ4v) is 2.41. The zero-order chi connectivity index (χ0) is 14.8. The van der Waals surface area contributed by atoms with E-state index in [1.54, 1.807) is 0 Å². The number of nitrogens with one attached hydrogen (secondary N) is 1. The molecular weight excluding hydrogens is 244 g/mol. The molecule has 2 heteroatoms. The van der Waals surface area contributed by atoms with Gasteiger partial charge in [-0.3, -0.25) is 0 Å². The summed E-state index contributed by atoms with van der Waals surface area (Å²) in [4.78, 5) is 2.25. The summed E-state index contributed by atoms with van der Waals surface area (Å²) in [5.74, 6) is 2.74. The summed E-state index contributed by atoms with van der Waals surface area (Å²) < 4.78 is 0. The van der Waals surface area contributed by atoms with Crippen LogP contribution < -0.4 is 10.2 Å². The maximum absolute atomic E-state index is 5.45. The molecule has 0 aromatic heterocycles. The number of hydrogen-bond donors (Lipinski definition) is 1. The Morgan fingerprint density at radius 2 is 1.85 bits per heavy atom. The molecule has 1 unspecified atom stereocenters. The molecule has 1 rings (SSSR count). The first-order valence-electron chi connectivity index (χ1n) is 7.78. The Labute approximate surface area is 124 Å². The van der Waals surface area contributed by atoms with Crippen molar-refractivity contribution in [3.8, 4) is 12.3 Å². The van der Waals surface area contributed by atoms with Crippen LogP contribution in [0.4, 0.5) is 5.69 Å². The smallest absolute Gasteiger partial charge is 0.0791 e. The van der Waals surface area contributed by atoms with E-state index in [2.05, 4.69) is 61.2 Å². The van der Waals surface area contributed by atoms with Crippen LogP contribution in [0.15, 0.2) is 24.3 Å². The average Bonchev–Trinajstić information content (AvgIpc) is 2.48. The third-order valence-corrected chi connectivity index (χ3v) is 3.49. The molecule has 0 saturated heterocycles. The minimum Gasteiger partial charge on any atom is -0.360 e. The molecule has 0 saturated carbocycles. The van der Waals surface area contributed by atoms with Crippen LogP contribution in [-0.2, 0) is 0 Å². The molecule has 1 N–H and O–H groups in total. The van der Waals surface area contributed by atoms with E-state index in [9.17, 15) is 0 Å². The number of rotatable bonds is 9. The molecule has 0 aliphatic carbocycles. The monoisotopic (exact) mass is 272 g/mol. The Morgan fingerprint density at radius 3 is 2.35 bits per heavy atom. The molecule has 0 amide bonds. The van der Waals surface area contributed by atoms with Crippen LogP contribution in [0.5, 0.6) is 0 Å². The van der Waals surface area contributed by atoms with Crippen molar-refractivity contribution in [1.82, 2.24) is 5.32 Å². The van der Waals surface area contributed by atoms with Gasteiger partial charge < -0.3 is 10.2 Å². The molecule has 1 atom stereocenters. The van der Waals surface area contributed by atoms with Crippen LogP contribution in [-0.4, -0.2) is 19.6 Å². The largest absolute Gasteiger partial charge is 0.360 e. The van der Waals surface area contributed by atoms with E-state index in [-0.39, 0.29) is 0 Å². The minimum absolute atomic E-state index is 0.455. The fraction of sp³-hybridized carbons (Fsp3) is 0.556. The van der Waals surface area contributed by atoms with Gasteiger partial charge in [-0.05, 0) is 43.5 Å². The summed E-state index contributed by atoms with van der Waals surface area (Å²) >= 11 is 0. The fourth-order valence-electron chi connectivity index (χ4n) is 2.41. The molecule has 0 radical (unpaired) electrons. The van der Waals surface area contributed by atoms with Crippen LogP contribution in [0, 0.1) is 12.3 Å². The summed E-state index contributed by atoms with van der Waals surface area (Å²) in [7, 11) is 0. The molecule has 0 heterocycles. The lowest BCUT2D eigenvalue weighted by molar-refractivity contribution is 0.518. The number of hydrogen-bond acceptors (Lipinski definition) is 2. The average molecular weight is 272 g/mol. The van der Waals surface area contributed by atoms with Crippen LogP contribution in [0.2, 0.25) is 0 Å². The van der Waals surface area contributed by atoms with Gasteiger partial charge in [0.1, 0.15) is 0 Å². The Balaban J connectivity index is 2.77. The highest BCUT2D eigenvalue weighted by Crippen LogP contribution is 2.21. The van der Waals surface area contributed by atoms with Gasteiger partial charge in [0, 0.05) is 18.3 Å². The highest BCUT2D eigenvalue weighted by molar-refractivity contribution is 5.49. The molecule has 1 aromatic rings. The van der Waals surface area contributed by atoms with Crippen LogP contribution in [0.25, 0.3) is 0 Å². The van der Waals surface area contributed by atoms with Crippen LogP contribution in [0.3, 0.4) is 0 Å². The molecule has 1 aromatic carbocycles. The van der Waals surface area contributed by atoms with Gasteiger partial charge in [-0.2, -0.15) is 0 Å². The maximum Gasteiger partial charge on any atom is 0.0791 e. The summed E-state index contributed by atoms with van der Waals surface area (Å²) in [6.07, 6.45) is 8.84. The second-order valence-electron chi connectivity index (χ2n) is 5.13. The number of nitrogens with zero attached hydrogens (tertiary/aromatic N) is 1. The molecular formula is C18H28N2. The standard InChI is InChI=1S/C18H28N2/c1-5-13-19-18(8-4)16-9-11-17(12-10-16)20(14-6-2)15-7-3/h2,9-12,18-19H,5,7-8,13-15H2,1,3-4H3. The van der Waals surface area contributed by atoms with Crippen molar-refractivity contribution in [2.24, 2.45) is 0 Å². The summed E-state index contributed by atoms with van der Waals surface area (Å²) in [5.41, 5.74) is 2.58. The van der Waals surface area contributed by atoms with E-state index in [0.29, 0.717) is 12.6 Å². The van der Waals surface area contributed by atoms with Crippen LogP contribution in [0.1, 0.15) is 51.6 Å². The van der Waals surface area contributed by atoms with Gasteiger partial charge in [0.15, 0.2) is 0 Å². The van der Waals surface area contributed by atoms with Crippen molar-refractivity contribution in [3.63, 3.8) is 0 Å². The van der Waals surface area contributed by atoms with Crippen molar-refractivity contribution in [2.75, 3.05) is 24.5 Å². The van der Waals surface area contributed by atoms with Crippen molar-refractivity contribution in [3.05, 3.63) is 29.8 Å². The lowest BCUT2D eigenvalue weighted by Crippen LogP contribution is -2.24. The zero-order valence-corrected chi connectivity index (χ0v) is 13.2. The number of benzene rings is 1. The Hall–Kier alpha value is -1.46. The SMILES string of the molecule is C#CCN(CCC)c1ccc(C(CC)NCCC)cc1. The third kappa shape index (κ3) is 4.90. The number of anilines is 1. The zero-order valence-electron chi connectivity index (χ0n) is 13.2. The lowest BCUT2D eigenvalue weighted by atomic mass is 10.0. The van der Waals surface area contributed by atoms with Crippen molar-refractivity contribution >= 4 is 5.69 Å². The predicted octanol–water partition coefficient (Wildman–Crippen LogP) is 3.99. The van der Waals surface area contributed by atoms with Gasteiger partial charge in [-0.1, -0.05) is 38.8 Å². The second-order valence-corrected chi connectivity index (χ2v) is 5.13. The third-order valence-electron chi connectivity index (χ3n) is 3.49. The lowest BCUT2D eigenvalue weighted by Gasteiger charge is -2.23. The number of terminal acetylenes is 1.